The molecule has 0 aromatic rings. The van der Waals surface area contributed by atoms with Crippen molar-refractivity contribution >= 4 is 12.3 Å². The van der Waals surface area contributed by atoms with Crippen LogP contribution in [0.15, 0.2) is 9.98 Å². The zero-order chi connectivity index (χ0) is 5.98. The number of rotatable bonds is 0. The maximum absolute atomic E-state index is 5.22. The molecule has 0 bridgehead atoms. The monoisotopic (exact) mass is 112 g/mol. The largest absolute Gasteiger partial charge is 0.368 e. The Hall–Kier alpha value is -1.06. The van der Waals surface area contributed by atoms with Gasteiger partial charge in [0, 0.05) is 7.05 Å². The smallest absolute Gasteiger partial charge is 0.218 e. The number of nitrogens with zero attached hydrogens (tertiary/aromatic N) is 3. The molecule has 44 valence electrons. The highest BCUT2D eigenvalue weighted by molar-refractivity contribution is 5.87. The zero-order valence-corrected chi connectivity index (χ0v) is 4.70. The van der Waals surface area contributed by atoms with Gasteiger partial charge in [-0.25, -0.2) is 9.98 Å². The zero-order valence-electron chi connectivity index (χ0n) is 4.70. The first-order valence-corrected chi connectivity index (χ1v) is 2.33. The van der Waals surface area contributed by atoms with E-state index in [0.29, 0.717) is 12.6 Å². The Bertz CT molecular complexity index is 137. The van der Waals surface area contributed by atoms with Gasteiger partial charge < -0.3 is 10.6 Å². The van der Waals surface area contributed by atoms with Crippen LogP contribution in [0.4, 0.5) is 0 Å². The first kappa shape index (κ1) is 5.08. The standard InChI is InChI=1S/C4H8N4/c1-8-2-6-4(5)7-3-8/h2H,3H2,1H3,(H2,5,7). The van der Waals surface area contributed by atoms with Crippen molar-refractivity contribution in [2.24, 2.45) is 15.7 Å². The van der Waals surface area contributed by atoms with Crippen molar-refractivity contribution in [2.75, 3.05) is 13.7 Å². The molecule has 8 heavy (non-hydrogen) atoms. The molecule has 0 atom stereocenters. The Morgan fingerprint density at radius 3 is 3.00 bits per heavy atom. The number of guanidine groups is 1. The van der Waals surface area contributed by atoms with E-state index >= 15 is 0 Å². The second-order valence-corrected chi connectivity index (χ2v) is 1.66. The summed E-state index contributed by atoms with van der Waals surface area (Å²) in [6, 6.07) is 0. The van der Waals surface area contributed by atoms with E-state index in [2.05, 4.69) is 9.98 Å². The molecule has 4 heteroatoms. The maximum Gasteiger partial charge on any atom is 0.218 e. The van der Waals surface area contributed by atoms with Crippen molar-refractivity contribution in [1.82, 2.24) is 4.90 Å². The van der Waals surface area contributed by atoms with Gasteiger partial charge in [-0.2, -0.15) is 0 Å². The van der Waals surface area contributed by atoms with E-state index in [-0.39, 0.29) is 0 Å². The fourth-order valence-corrected chi connectivity index (χ4v) is 0.419. The van der Waals surface area contributed by atoms with E-state index in [1.54, 1.807) is 6.34 Å². The first-order chi connectivity index (χ1) is 3.79. The van der Waals surface area contributed by atoms with Gasteiger partial charge in [-0.05, 0) is 0 Å². The van der Waals surface area contributed by atoms with Crippen LogP contribution in [0.1, 0.15) is 0 Å². The summed E-state index contributed by atoms with van der Waals surface area (Å²) in [7, 11) is 1.89. The van der Waals surface area contributed by atoms with Crippen LogP contribution in [0.25, 0.3) is 0 Å². The van der Waals surface area contributed by atoms with Crippen LogP contribution in [0.5, 0.6) is 0 Å². The van der Waals surface area contributed by atoms with Crippen molar-refractivity contribution in [3.05, 3.63) is 0 Å². The maximum atomic E-state index is 5.22. The predicted molar refractivity (Wildman–Crippen MR) is 32.7 cm³/mol. The second-order valence-electron chi connectivity index (χ2n) is 1.66. The van der Waals surface area contributed by atoms with Crippen molar-refractivity contribution in [3.8, 4) is 0 Å². The number of aliphatic imine (C=N–C) groups is 2. The summed E-state index contributed by atoms with van der Waals surface area (Å²) in [4.78, 5) is 9.42. The van der Waals surface area contributed by atoms with E-state index in [0.717, 1.165) is 0 Å². The van der Waals surface area contributed by atoms with Crippen LogP contribution < -0.4 is 5.73 Å². The molecule has 1 heterocycles. The molecular formula is C4H8N4. The molecule has 1 aliphatic rings. The molecule has 0 amide bonds. The van der Waals surface area contributed by atoms with E-state index in [1.807, 2.05) is 11.9 Å². The van der Waals surface area contributed by atoms with Crippen molar-refractivity contribution in [3.63, 3.8) is 0 Å². The Balaban J connectivity index is 2.58. The van der Waals surface area contributed by atoms with Gasteiger partial charge in [-0.1, -0.05) is 0 Å². The average Bonchev–Trinajstić information content (AvgIpc) is 1.77. The van der Waals surface area contributed by atoms with E-state index in [4.69, 9.17) is 5.73 Å². The Labute approximate surface area is 47.7 Å². The fraction of sp³-hybridized carbons (Fsp3) is 0.500. The van der Waals surface area contributed by atoms with E-state index < -0.39 is 0 Å². The van der Waals surface area contributed by atoms with Gasteiger partial charge >= 0.3 is 0 Å². The quantitative estimate of drug-likeness (QED) is 0.447. The normalized spacial score (nSPS) is 18.6. The highest BCUT2D eigenvalue weighted by Crippen LogP contribution is 1.85. The summed E-state index contributed by atoms with van der Waals surface area (Å²) in [5, 5.41) is 0. The second kappa shape index (κ2) is 1.81. The highest BCUT2D eigenvalue weighted by atomic mass is 15.3. The van der Waals surface area contributed by atoms with Gasteiger partial charge in [-0.15, -0.1) is 0 Å². The van der Waals surface area contributed by atoms with Crippen LogP contribution in [-0.2, 0) is 0 Å². The van der Waals surface area contributed by atoms with Gasteiger partial charge in [0.05, 0.1) is 6.34 Å². The SMILES string of the molecule is CN1C=NC(N)=NC1. The minimum absolute atomic E-state index is 0.364. The van der Waals surface area contributed by atoms with Crippen LogP contribution in [0, 0.1) is 0 Å². The number of nitrogens with two attached hydrogens (primary N) is 1. The molecule has 0 unspecified atom stereocenters. The van der Waals surface area contributed by atoms with Crippen molar-refractivity contribution in [2.45, 2.75) is 0 Å². The van der Waals surface area contributed by atoms with Gasteiger partial charge in [-0.3, -0.25) is 0 Å². The Morgan fingerprint density at radius 1 is 1.88 bits per heavy atom. The molecule has 0 saturated heterocycles. The molecule has 0 fully saturated rings. The highest BCUT2D eigenvalue weighted by Gasteiger charge is 1.95. The molecule has 1 aliphatic heterocycles. The summed E-state index contributed by atoms with van der Waals surface area (Å²) in [6.07, 6.45) is 1.66. The molecular weight excluding hydrogens is 104 g/mol. The van der Waals surface area contributed by atoms with Gasteiger partial charge in [0.1, 0.15) is 6.67 Å². The van der Waals surface area contributed by atoms with Gasteiger partial charge in [0.2, 0.25) is 5.96 Å². The topological polar surface area (TPSA) is 54.0 Å². The summed E-state index contributed by atoms with van der Waals surface area (Å²) in [6.45, 7) is 0.620. The van der Waals surface area contributed by atoms with Gasteiger partial charge in [0.25, 0.3) is 0 Å². The molecule has 4 nitrogen and oxygen atoms in total. The Morgan fingerprint density at radius 2 is 2.62 bits per heavy atom. The predicted octanol–water partition coefficient (Wildman–Crippen LogP) is -0.768. The minimum atomic E-state index is 0.364. The summed E-state index contributed by atoms with van der Waals surface area (Å²) in [5.74, 6) is 0.364. The van der Waals surface area contributed by atoms with Crippen LogP contribution >= 0.6 is 0 Å². The lowest BCUT2D eigenvalue weighted by molar-refractivity contribution is 0.531. The number of hydrogen-bond donors (Lipinski definition) is 1. The minimum Gasteiger partial charge on any atom is -0.368 e. The summed E-state index contributed by atoms with van der Waals surface area (Å²) < 4.78 is 0. The van der Waals surface area contributed by atoms with Crippen LogP contribution in [0.3, 0.4) is 0 Å². The molecule has 0 saturated carbocycles. The van der Waals surface area contributed by atoms with Crippen molar-refractivity contribution in [1.29, 1.82) is 0 Å². The first-order valence-electron chi connectivity index (χ1n) is 2.33. The van der Waals surface area contributed by atoms with Crippen molar-refractivity contribution < 1.29 is 0 Å². The molecule has 2 N–H and O–H groups in total. The third kappa shape index (κ3) is 0.959. The lowest BCUT2D eigenvalue weighted by Gasteiger charge is -2.12. The number of hydrogen-bond acceptors (Lipinski definition) is 4. The van der Waals surface area contributed by atoms with Gasteiger partial charge in [0.15, 0.2) is 0 Å². The summed E-state index contributed by atoms with van der Waals surface area (Å²) in [5.41, 5.74) is 5.22. The third-order valence-electron chi connectivity index (χ3n) is 0.843. The molecule has 0 aliphatic carbocycles. The molecule has 0 radical (unpaired) electrons. The third-order valence-corrected chi connectivity index (χ3v) is 0.843. The van der Waals surface area contributed by atoms with E-state index in [1.165, 1.54) is 0 Å². The fourth-order valence-electron chi connectivity index (χ4n) is 0.419. The average molecular weight is 112 g/mol. The lowest BCUT2D eigenvalue weighted by Crippen LogP contribution is -2.25. The molecule has 0 aromatic carbocycles. The van der Waals surface area contributed by atoms with Crippen LogP contribution in [0.2, 0.25) is 0 Å². The Kier molecular flexibility index (Phi) is 1.15. The molecule has 0 spiro atoms. The summed E-state index contributed by atoms with van der Waals surface area (Å²) >= 11 is 0. The lowest BCUT2D eigenvalue weighted by atomic mass is 10.8. The van der Waals surface area contributed by atoms with E-state index in [9.17, 15) is 0 Å². The van der Waals surface area contributed by atoms with Crippen LogP contribution in [-0.4, -0.2) is 30.9 Å². The molecule has 0 aromatic heterocycles. The molecule has 1 rings (SSSR count).